The van der Waals surface area contributed by atoms with Gasteiger partial charge in [-0.3, -0.25) is 9.58 Å². The summed E-state index contributed by atoms with van der Waals surface area (Å²) in [5.41, 5.74) is 0.265. The Labute approximate surface area is 90.7 Å². The highest BCUT2D eigenvalue weighted by Gasteiger charge is 2.17. The molecular formula is C10H20N4O. The van der Waals surface area contributed by atoms with Crippen molar-refractivity contribution in [2.24, 2.45) is 7.05 Å². The quantitative estimate of drug-likeness (QED) is 0.768. The second-order valence-corrected chi connectivity index (χ2v) is 4.50. The smallest absolute Gasteiger partial charge is 0.0967 e. The van der Waals surface area contributed by atoms with Crippen LogP contribution in [0.2, 0.25) is 0 Å². The third-order valence-corrected chi connectivity index (χ3v) is 2.09. The highest BCUT2D eigenvalue weighted by Crippen LogP contribution is 2.07. The summed E-state index contributed by atoms with van der Waals surface area (Å²) in [7, 11) is 1.85. The molecule has 0 atom stereocenters. The van der Waals surface area contributed by atoms with E-state index in [1.54, 1.807) is 4.68 Å². The van der Waals surface area contributed by atoms with Crippen molar-refractivity contribution in [2.75, 3.05) is 13.1 Å². The first-order chi connectivity index (χ1) is 6.90. The molecule has 0 saturated carbocycles. The lowest BCUT2D eigenvalue weighted by Crippen LogP contribution is -2.38. The molecule has 5 heteroatoms. The van der Waals surface area contributed by atoms with Gasteiger partial charge < -0.3 is 5.11 Å². The van der Waals surface area contributed by atoms with Gasteiger partial charge in [0, 0.05) is 26.3 Å². The molecule has 1 aromatic heterocycles. The zero-order chi connectivity index (χ0) is 11.5. The molecule has 86 valence electrons. The summed E-state index contributed by atoms with van der Waals surface area (Å²) in [5, 5.41) is 17.6. The summed E-state index contributed by atoms with van der Waals surface area (Å²) in [6.45, 7) is 7.95. The lowest BCUT2D eigenvalue weighted by molar-refractivity contribution is 0.0349. The molecule has 0 aliphatic rings. The fourth-order valence-electron chi connectivity index (χ4n) is 1.52. The molecule has 0 bridgehead atoms. The fourth-order valence-corrected chi connectivity index (χ4v) is 1.52. The van der Waals surface area contributed by atoms with Crippen LogP contribution >= 0.6 is 0 Å². The Hall–Kier alpha value is -0.940. The van der Waals surface area contributed by atoms with E-state index in [0.717, 1.165) is 18.8 Å². The number of aryl methyl sites for hydroxylation is 1. The van der Waals surface area contributed by atoms with Gasteiger partial charge in [-0.15, -0.1) is 5.10 Å². The summed E-state index contributed by atoms with van der Waals surface area (Å²) in [5.74, 6) is 0. The summed E-state index contributed by atoms with van der Waals surface area (Å²) >= 11 is 0. The number of nitrogens with zero attached hydrogens (tertiary/aromatic N) is 4. The minimum absolute atomic E-state index is 0.639. The maximum Gasteiger partial charge on any atom is 0.0967 e. The van der Waals surface area contributed by atoms with Crippen molar-refractivity contribution in [1.29, 1.82) is 0 Å². The highest BCUT2D eigenvalue weighted by molar-refractivity contribution is 4.92. The molecule has 0 amide bonds. The van der Waals surface area contributed by atoms with Gasteiger partial charge in [-0.05, 0) is 20.4 Å². The Bertz CT molecular complexity index is 303. The minimum Gasteiger partial charge on any atom is -0.389 e. The van der Waals surface area contributed by atoms with Crippen molar-refractivity contribution >= 4 is 0 Å². The standard InChI is InChI=1S/C10H20N4O/c1-5-14(8-10(2,3)15)7-9-6-13(4)12-11-9/h6,15H,5,7-8H2,1-4H3. The monoisotopic (exact) mass is 212 g/mol. The van der Waals surface area contributed by atoms with E-state index in [0.29, 0.717) is 6.54 Å². The summed E-state index contributed by atoms with van der Waals surface area (Å²) < 4.78 is 1.69. The van der Waals surface area contributed by atoms with Crippen LogP contribution in [-0.4, -0.2) is 43.7 Å². The zero-order valence-corrected chi connectivity index (χ0v) is 9.93. The van der Waals surface area contributed by atoms with E-state index < -0.39 is 5.60 Å². The van der Waals surface area contributed by atoms with Crippen LogP contribution in [-0.2, 0) is 13.6 Å². The van der Waals surface area contributed by atoms with Gasteiger partial charge >= 0.3 is 0 Å². The van der Waals surface area contributed by atoms with Crippen LogP contribution in [0, 0.1) is 0 Å². The number of rotatable bonds is 5. The first-order valence-electron chi connectivity index (χ1n) is 5.20. The molecule has 0 aliphatic heterocycles. The zero-order valence-electron chi connectivity index (χ0n) is 9.93. The van der Waals surface area contributed by atoms with Gasteiger partial charge in [0.25, 0.3) is 0 Å². The molecule has 0 fully saturated rings. The van der Waals surface area contributed by atoms with Crippen molar-refractivity contribution in [3.63, 3.8) is 0 Å². The van der Waals surface area contributed by atoms with Crippen LogP contribution in [0.1, 0.15) is 26.5 Å². The molecule has 0 saturated heterocycles. The van der Waals surface area contributed by atoms with E-state index in [1.807, 2.05) is 27.1 Å². The van der Waals surface area contributed by atoms with Crippen LogP contribution in [0.4, 0.5) is 0 Å². The Morgan fingerprint density at radius 2 is 2.20 bits per heavy atom. The number of hydrogen-bond donors (Lipinski definition) is 1. The van der Waals surface area contributed by atoms with E-state index in [2.05, 4.69) is 22.1 Å². The maximum atomic E-state index is 9.72. The van der Waals surface area contributed by atoms with Gasteiger partial charge in [-0.2, -0.15) is 0 Å². The molecule has 1 rings (SSSR count). The average molecular weight is 212 g/mol. The van der Waals surface area contributed by atoms with E-state index in [9.17, 15) is 5.11 Å². The van der Waals surface area contributed by atoms with E-state index in [-0.39, 0.29) is 0 Å². The largest absolute Gasteiger partial charge is 0.389 e. The molecule has 15 heavy (non-hydrogen) atoms. The van der Waals surface area contributed by atoms with Crippen LogP contribution in [0.5, 0.6) is 0 Å². The van der Waals surface area contributed by atoms with Crippen LogP contribution in [0.3, 0.4) is 0 Å². The second-order valence-electron chi connectivity index (χ2n) is 4.50. The van der Waals surface area contributed by atoms with E-state index in [4.69, 9.17) is 0 Å². The van der Waals surface area contributed by atoms with Crippen molar-refractivity contribution in [2.45, 2.75) is 32.9 Å². The molecule has 0 radical (unpaired) electrons. The van der Waals surface area contributed by atoms with Crippen LogP contribution < -0.4 is 0 Å². The molecule has 0 aliphatic carbocycles. The normalized spacial score (nSPS) is 12.4. The summed E-state index contributed by atoms with van der Waals surface area (Å²) in [4.78, 5) is 2.14. The lowest BCUT2D eigenvalue weighted by atomic mass is 10.1. The van der Waals surface area contributed by atoms with Gasteiger partial charge in [0.05, 0.1) is 11.3 Å². The Morgan fingerprint density at radius 3 is 2.60 bits per heavy atom. The fraction of sp³-hybridized carbons (Fsp3) is 0.800. The lowest BCUT2D eigenvalue weighted by Gasteiger charge is -2.27. The average Bonchev–Trinajstić information content (AvgIpc) is 2.47. The first kappa shape index (κ1) is 12.1. The minimum atomic E-state index is -0.668. The summed E-state index contributed by atoms with van der Waals surface area (Å²) in [6.07, 6.45) is 1.90. The molecule has 0 spiro atoms. The van der Waals surface area contributed by atoms with Crippen molar-refractivity contribution in [3.8, 4) is 0 Å². The predicted molar refractivity (Wildman–Crippen MR) is 58.3 cm³/mol. The Kier molecular flexibility index (Phi) is 3.82. The van der Waals surface area contributed by atoms with Crippen molar-refractivity contribution in [3.05, 3.63) is 11.9 Å². The van der Waals surface area contributed by atoms with E-state index in [1.165, 1.54) is 0 Å². The van der Waals surface area contributed by atoms with Crippen molar-refractivity contribution in [1.82, 2.24) is 19.9 Å². The van der Waals surface area contributed by atoms with Gasteiger partial charge in [0.15, 0.2) is 0 Å². The molecule has 1 N–H and O–H groups in total. The number of aromatic nitrogens is 3. The molecule has 5 nitrogen and oxygen atoms in total. The molecular weight excluding hydrogens is 192 g/mol. The third kappa shape index (κ3) is 4.40. The maximum absolute atomic E-state index is 9.72. The number of aliphatic hydroxyl groups is 1. The summed E-state index contributed by atoms with van der Waals surface area (Å²) in [6, 6.07) is 0. The number of hydrogen-bond acceptors (Lipinski definition) is 4. The first-order valence-corrected chi connectivity index (χ1v) is 5.20. The van der Waals surface area contributed by atoms with Gasteiger partial charge in [-0.25, -0.2) is 0 Å². The highest BCUT2D eigenvalue weighted by atomic mass is 16.3. The van der Waals surface area contributed by atoms with Crippen molar-refractivity contribution < 1.29 is 5.11 Å². The Morgan fingerprint density at radius 1 is 1.53 bits per heavy atom. The topological polar surface area (TPSA) is 54.2 Å². The molecule has 1 heterocycles. The van der Waals surface area contributed by atoms with Gasteiger partial charge in [0.1, 0.15) is 0 Å². The molecule has 0 unspecified atom stereocenters. The van der Waals surface area contributed by atoms with Gasteiger partial charge in [0.2, 0.25) is 0 Å². The number of likely N-dealkylation sites (N-methyl/N-ethyl adjacent to an activating group) is 1. The SMILES string of the molecule is CCN(Cc1cn(C)nn1)CC(C)(C)O. The van der Waals surface area contributed by atoms with E-state index >= 15 is 0 Å². The van der Waals surface area contributed by atoms with Crippen LogP contribution in [0.15, 0.2) is 6.20 Å². The Balaban J connectivity index is 2.54. The van der Waals surface area contributed by atoms with Gasteiger partial charge in [-0.1, -0.05) is 12.1 Å². The van der Waals surface area contributed by atoms with Crippen LogP contribution in [0.25, 0.3) is 0 Å². The molecule has 1 aromatic rings. The predicted octanol–water partition coefficient (Wildman–Crippen LogP) is 0.408. The molecule has 0 aromatic carbocycles. The second kappa shape index (κ2) is 4.72. The third-order valence-electron chi connectivity index (χ3n) is 2.09.